The molecule has 0 saturated carbocycles. The van der Waals surface area contributed by atoms with Gasteiger partial charge in [-0.15, -0.1) is 10.2 Å². The summed E-state index contributed by atoms with van der Waals surface area (Å²) in [6.45, 7) is 0.484. The van der Waals surface area contributed by atoms with Gasteiger partial charge >= 0.3 is 0 Å². The molecular formula is C20H17ClFN3O3S2. The lowest BCUT2D eigenvalue weighted by Crippen LogP contribution is -2.27. The van der Waals surface area contributed by atoms with Crippen LogP contribution in [-0.2, 0) is 21.1 Å². The molecular weight excluding hydrogens is 449 g/mol. The van der Waals surface area contributed by atoms with Gasteiger partial charge in [0.2, 0.25) is 15.7 Å². The number of sulfone groups is 1. The van der Waals surface area contributed by atoms with Crippen LogP contribution in [-0.4, -0.2) is 36.8 Å². The smallest absolute Gasteiger partial charge is 0.230 e. The maximum absolute atomic E-state index is 13.3. The fourth-order valence-electron chi connectivity index (χ4n) is 2.47. The zero-order chi connectivity index (χ0) is 21.6. The fraction of sp³-hybridized carbons (Fsp3) is 0.150. The molecule has 1 aromatic heterocycles. The highest BCUT2D eigenvalue weighted by Gasteiger charge is 2.20. The van der Waals surface area contributed by atoms with Crippen LogP contribution in [0.2, 0.25) is 5.02 Å². The van der Waals surface area contributed by atoms with E-state index in [9.17, 15) is 17.6 Å². The summed E-state index contributed by atoms with van der Waals surface area (Å²) < 4.78 is 38.2. The second kappa shape index (κ2) is 10.0. The van der Waals surface area contributed by atoms with Gasteiger partial charge in [-0.2, -0.15) is 0 Å². The number of amides is 1. The molecule has 3 aromatic rings. The van der Waals surface area contributed by atoms with Crippen molar-refractivity contribution in [3.63, 3.8) is 0 Å². The second-order valence-electron chi connectivity index (χ2n) is 6.19. The highest BCUT2D eigenvalue weighted by atomic mass is 35.5. The van der Waals surface area contributed by atoms with Crippen LogP contribution in [0, 0.1) is 5.82 Å². The summed E-state index contributed by atoms with van der Waals surface area (Å²) in [5, 5.41) is 11.2. The maximum atomic E-state index is 13.3. The van der Waals surface area contributed by atoms with Crippen LogP contribution in [0.25, 0.3) is 0 Å². The van der Waals surface area contributed by atoms with Crippen LogP contribution in [0.5, 0.6) is 0 Å². The molecule has 0 bridgehead atoms. The number of rotatable bonds is 8. The summed E-state index contributed by atoms with van der Waals surface area (Å²) >= 11 is 6.97. The van der Waals surface area contributed by atoms with Crippen molar-refractivity contribution in [2.45, 2.75) is 21.4 Å². The molecule has 1 amide bonds. The molecule has 3 rings (SSSR count). The van der Waals surface area contributed by atoms with Crippen molar-refractivity contribution in [1.82, 2.24) is 15.5 Å². The van der Waals surface area contributed by atoms with Gasteiger partial charge in [-0.1, -0.05) is 41.6 Å². The minimum atomic E-state index is -3.96. The summed E-state index contributed by atoms with van der Waals surface area (Å²) in [7, 11) is -3.96. The van der Waals surface area contributed by atoms with Crippen molar-refractivity contribution >= 4 is 39.1 Å². The van der Waals surface area contributed by atoms with Gasteiger partial charge in [0, 0.05) is 11.6 Å². The van der Waals surface area contributed by atoms with E-state index in [4.69, 9.17) is 11.6 Å². The molecule has 0 aliphatic carbocycles. The average molecular weight is 466 g/mol. The van der Waals surface area contributed by atoms with Crippen LogP contribution in [0.1, 0.15) is 5.56 Å². The molecule has 156 valence electrons. The van der Waals surface area contributed by atoms with Crippen LogP contribution < -0.4 is 5.32 Å². The Balaban J connectivity index is 1.50. The number of halogens is 2. The van der Waals surface area contributed by atoms with Gasteiger partial charge < -0.3 is 5.32 Å². The van der Waals surface area contributed by atoms with Crippen molar-refractivity contribution in [3.8, 4) is 0 Å². The van der Waals surface area contributed by atoms with Crippen molar-refractivity contribution in [1.29, 1.82) is 0 Å². The lowest BCUT2D eigenvalue weighted by Gasteiger charge is -2.06. The van der Waals surface area contributed by atoms with Crippen molar-refractivity contribution in [3.05, 3.63) is 77.1 Å². The molecule has 0 radical (unpaired) electrons. The second-order valence-corrected chi connectivity index (χ2v) is 9.51. The van der Waals surface area contributed by atoms with E-state index >= 15 is 0 Å². The van der Waals surface area contributed by atoms with Gasteiger partial charge in [-0.3, -0.25) is 4.79 Å². The van der Waals surface area contributed by atoms with E-state index < -0.39 is 15.7 Å². The molecule has 6 nitrogen and oxygen atoms in total. The molecule has 0 atom stereocenters. The molecule has 0 unspecified atom stereocenters. The largest absolute Gasteiger partial charge is 0.355 e. The third-order valence-electron chi connectivity index (χ3n) is 4.00. The van der Waals surface area contributed by atoms with Crippen LogP contribution in [0.3, 0.4) is 0 Å². The molecule has 0 spiro atoms. The Morgan fingerprint density at radius 2 is 1.83 bits per heavy atom. The predicted molar refractivity (Wildman–Crippen MR) is 113 cm³/mol. The van der Waals surface area contributed by atoms with E-state index in [1.54, 1.807) is 12.1 Å². The summed E-state index contributed by atoms with van der Waals surface area (Å²) in [5.74, 6) is -0.712. The normalized spacial score (nSPS) is 11.3. The molecule has 0 saturated heterocycles. The minimum absolute atomic E-state index is 0.116. The monoisotopic (exact) mass is 465 g/mol. The number of hydrogen-bond acceptors (Lipinski definition) is 6. The van der Waals surface area contributed by atoms with Gasteiger partial charge in [0.15, 0.2) is 5.03 Å². The van der Waals surface area contributed by atoms with Crippen molar-refractivity contribution in [2.75, 3.05) is 12.3 Å². The number of carbonyl (C=O) groups excluding carboxylic acids is 1. The Bertz CT molecular complexity index is 1120. The fourth-order valence-corrected chi connectivity index (χ4v) is 4.40. The first-order valence-electron chi connectivity index (χ1n) is 8.83. The molecule has 0 aliphatic rings. The van der Waals surface area contributed by atoms with Gasteiger partial charge in [-0.25, -0.2) is 12.8 Å². The molecule has 10 heteroatoms. The standard InChI is InChI=1S/C20H17ClFN3O3S2/c21-15-6-4-14(5-7-15)10-11-23-18(26)13-29-19-8-9-20(25-24-19)30(27,28)17-3-1-2-16(22)12-17/h1-9,12H,10-11,13H2,(H,23,26). The predicted octanol–water partition coefficient (Wildman–Crippen LogP) is 3.55. The van der Waals surface area contributed by atoms with Crippen molar-refractivity contribution < 1.29 is 17.6 Å². The van der Waals surface area contributed by atoms with Crippen molar-refractivity contribution in [2.24, 2.45) is 0 Å². The van der Waals surface area contributed by atoms with Crippen LogP contribution >= 0.6 is 23.4 Å². The Morgan fingerprint density at radius 1 is 1.07 bits per heavy atom. The zero-order valence-electron chi connectivity index (χ0n) is 15.6. The SMILES string of the molecule is O=C(CSc1ccc(S(=O)(=O)c2cccc(F)c2)nn1)NCCc1ccc(Cl)cc1. The highest BCUT2D eigenvalue weighted by Crippen LogP contribution is 2.21. The minimum Gasteiger partial charge on any atom is -0.355 e. The van der Waals surface area contributed by atoms with Gasteiger partial charge in [0.1, 0.15) is 10.8 Å². The lowest BCUT2D eigenvalue weighted by molar-refractivity contribution is -0.118. The lowest BCUT2D eigenvalue weighted by atomic mass is 10.1. The van der Waals surface area contributed by atoms with Gasteiger partial charge in [0.25, 0.3) is 0 Å². The number of carbonyl (C=O) groups is 1. The number of nitrogens with zero attached hydrogens (tertiary/aromatic N) is 2. The first-order valence-corrected chi connectivity index (χ1v) is 11.7. The summed E-state index contributed by atoms with van der Waals surface area (Å²) in [5.41, 5.74) is 1.06. The van der Waals surface area contributed by atoms with E-state index in [0.29, 0.717) is 23.0 Å². The Morgan fingerprint density at radius 3 is 2.50 bits per heavy atom. The van der Waals surface area contributed by atoms with Gasteiger partial charge in [-0.05, 0) is 54.4 Å². The van der Waals surface area contributed by atoms with E-state index in [1.165, 1.54) is 24.3 Å². The van der Waals surface area contributed by atoms with E-state index in [1.807, 2.05) is 12.1 Å². The van der Waals surface area contributed by atoms with E-state index in [2.05, 4.69) is 15.5 Å². The molecule has 1 N–H and O–H groups in total. The number of benzene rings is 2. The first kappa shape index (κ1) is 22.2. The van der Waals surface area contributed by atoms with Gasteiger partial charge in [0.05, 0.1) is 10.6 Å². The quantitative estimate of drug-likeness (QED) is 0.512. The first-order chi connectivity index (χ1) is 14.3. The maximum Gasteiger partial charge on any atom is 0.230 e. The topological polar surface area (TPSA) is 89.0 Å². The number of thioether (sulfide) groups is 1. The van der Waals surface area contributed by atoms with Crippen LogP contribution in [0.15, 0.2) is 75.6 Å². The third kappa shape index (κ3) is 6.01. The Hall–Kier alpha value is -2.49. The Kier molecular flexibility index (Phi) is 7.41. The molecule has 30 heavy (non-hydrogen) atoms. The Labute approximate surface area is 182 Å². The summed E-state index contributed by atoms with van der Waals surface area (Å²) in [6.07, 6.45) is 0.681. The molecule has 1 heterocycles. The van der Waals surface area contributed by atoms with E-state index in [-0.39, 0.29) is 21.6 Å². The summed E-state index contributed by atoms with van der Waals surface area (Å²) in [4.78, 5) is 11.8. The highest BCUT2D eigenvalue weighted by molar-refractivity contribution is 7.99. The number of aromatic nitrogens is 2. The van der Waals surface area contributed by atoms with E-state index in [0.717, 1.165) is 29.5 Å². The zero-order valence-corrected chi connectivity index (χ0v) is 18.0. The number of hydrogen-bond donors (Lipinski definition) is 1. The van der Waals surface area contributed by atoms with Crippen LogP contribution in [0.4, 0.5) is 4.39 Å². The molecule has 0 fully saturated rings. The molecule has 0 aliphatic heterocycles. The number of nitrogens with one attached hydrogen (secondary N) is 1. The molecule has 2 aromatic carbocycles. The average Bonchev–Trinajstić information content (AvgIpc) is 2.74. The summed E-state index contributed by atoms with van der Waals surface area (Å²) in [6, 6.07) is 14.8. The third-order valence-corrected chi connectivity index (χ3v) is 6.81.